The van der Waals surface area contributed by atoms with Gasteiger partial charge in [0.15, 0.2) is 0 Å². The zero-order valence-corrected chi connectivity index (χ0v) is 30.0. The number of nitro groups is 2. The molecule has 4 saturated heterocycles. The number of non-ortho nitro benzene ring substituents is 2. The van der Waals surface area contributed by atoms with Gasteiger partial charge in [0.2, 0.25) is 0 Å². The molecule has 0 N–H and O–H groups in total. The van der Waals surface area contributed by atoms with Crippen LogP contribution in [0, 0.1) is 41.9 Å². The number of nitrogens with zero attached hydrogens (tertiary/aromatic N) is 6. The highest BCUT2D eigenvalue weighted by Gasteiger charge is 2.85. The number of ether oxygens (including phenoxy) is 2. The number of rotatable bonds is 10. The quantitative estimate of drug-likeness (QED) is 0.254. The van der Waals surface area contributed by atoms with Crippen LogP contribution in [0.5, 0.6) is 0 Å². The third kappa shape index (κ3) is 4.85. The van der Waals surface area contributed by atoms with Gasteiger partial charge >= 0.3 is 0 Å². The number of morpholine rings is 2. The molecule has 4 bridgehead atoms. The van der Waals surface area contributed by atoms with Gasteiger partial charge in [0.25, 0.3) is 11.4 Å². The molecule has 0 amide bonds. The van der Waals surface area contributed by atoms with E-state index in [4.69, 9.17) is 9.47 Å². The van der Waals surface area contributed by atoms with E-state index in [1.807, 2.05) is 24.3 Å². The van der Waals surface area contributed by atoms with Crippen molar-refractivity contribution in [3.63, 3.8) is 0 Å². The molecule has 4 aliphatic heterocycles. The Kier molecular flexibility index (Phi) is 8.39. The van der Waals surface area contributed by atoms with Gasteiger partial charge in [0, 0.05) is 112 Å². The number of hydrogen-bond donors (Lipinski definition) is 0. The first kappa shape index (κ1) is 34.1. The van der Waals surface area contributed by atoms with Crippen molar-refractivity contribution in [2.75, 3.05) is 65.7 Å². The zero-order chi connectivity index (χ0) is 35.1. The molecule has 2 aromatic rings. The van der Waals surface area contributed by atoms with Crippen LogP contribution in [0.25, 0.3) is 0 Å². The summed E-state index contributed by atoms with van der Waals surface area (Å²) in [4.78, 5) is 33.5. The van der Waals surface area contributed by atoms with Crippen LogP contribution in [0.3, 0.4) is 0 Å². The Balaban J connectivity index is 1.27. The maximum Gasteiger partial charge on any atom is 0.269 e. The summed E-state index contributed by atoms with van der Waals surface area (Å²) in [6.45, 7) is 20.6. The van der Waals surface area contributed by atoms with E-state index in [0.29, 0.717) is 24.2 Å². The van der Waals surface area contributed by atoms with Crippen LogP contribution in [-0.2, 0) is 22.6 Å². The van der Waals surface area contributed by atoms with Crippen LogP contribution in [0.15, 0.2) is 48.5 Å². The van der Waals surface area contributed by atoms with Crippen molar-refractivity contribution in [1.82, 2.24) is 19.6 Å². The van der Waals surface area contributed by atoms with Gasteiger partial charge in [0.05, 0.1) is 36.3 Å². The molecule has 2 aliphatic carbocycles. The van der Waals surface area contributed by atoms with E-state index in [9.17, 15) is 20.2 Å². The Morgan fingerprint density at radius 3 is 1.26 bits per heavy atom. The highest BCUT2D eigenvalue weighted by Crippen LogP contribution is 2.80. The normalized spacial score (nSPS) is 35.0. The Labute approximate surface area is 295 Å². The van der Waals surface area contributed by atoms with Crippen molar-refractivity contribution in [2.24, 2.45) is 21.7 Å². The van der Waals surface area contributed by atoms with E-state index in [1.165, 1.54) is 0 Å². The molecule has 6 fully saturated rings. The molecule has 6 unspecified atom stereocenters. The van der Waals surface area contributed by atoms with E-state index in [1.54, 1.807) is 24.3 Å². The van der Waals surface area contributed by atoms with Crippen molar-refractivity contribution < 1.29 is 19.3 Å². The van der Waals surface area contributed by atoms with Crippen LogP contribution < -0.4 is 0 Å². The average molecular weight is 689 g/mol. The minimum Gasteiger partial charge on any atom is -0.379 e. The second kappa shape index (κ2) is 12.3. The number of fused-ring (bicyclic) bond motifs is 2. The summed E-state index contributed by atoms with van der Waals surface area (Å²) in [7, 11) is 0. The largest absolute Gasteiger partial charge is 0.379 e. The van der Waals surface area contributed by atoms with E-state index in [-0.39, 0.29) is 42.9 Å². The van der Waals surface area contributed by atoms with Gasteiger partial charge in [-0.25, -0.2) is 0 Å². The van der Waals surface area contributed by atoms with Crippen LogP contribution in [-0.4, -0.2) is 119 Å². The van der Waals surface area contributed by atoms with Gasteiger partial charge in [-0.05, 0) is 34.8 Å². The second-order valence-electron chi connectivity index (χ2n) is 16.9. The zero-order valence-electron chi connectivity index (χ0n) is 30.0. The predicted molar refractivity (Wildman–Crippen MR) is 189 cm³/mol. The molecule has 0 aromatic heterocycles. The summed E-state index contributed by atoms with van der Waals surface area (Å²) in [5.41, 5.74) is 2.34. The Morgan fingerprint density at radius 1 is 0.600 bits per heavy atom. The lowest BCUT2D eigenvalue weighted by atomic mass is 9.35. The summed E-state index contributed by atoms with van der Waals surface area (Å²) in [6, 6.07) is 15.7. The van der Waals surface area contributed by atoms with Gasteiger partial charge in [-0.15, -0.1) is 0 Å². The first-order valence-corrected chi connectivity index (χ1v) is 18.5. The Morgan fingerprint density at radius 2 is 0.940 bits per heavy atom. The molecule has 6 aliphatic rings. The van der Waals surface area contributed by atoms with Crippen molar-refractivity contribution in [2.45, 2.75) is 77.8 Å². The fraction of sp³-hybridized carbons (Fsp3) is 0.684. The third-order valence-electron chi connectivity index (χ3n) is 14.6. The monoisotopic (exact) mass is 688 g/mol. The molecule has 2 aromatic carbocycles. The van der Waals surface area contributed by atoms with Gasteiger partial charge in [-0.1, -0.05) is 52.0 Å². The van der Waals surface area contributed by atoms with E-state index in [2.05, 4.69) is 47.3 Å². The predicted octanol–water partition coefficient (Wildman–Crippen LogP) is 4.81. The molecule has 2 saturated carbocycles. The maximum absolute atomic E-state index is 11.5. The van der Waals surface area contributed by atoms with Crippen molar-refractivity contribution in [1.29, 1.82) is 0 Å². The molecule has 4 heterocycles. The molecular formula is C38H52N6O6. The SMILES string of the molecule is CC1(C)C2CC3N(Cc4ccc([N+](=O)[O-])cc4)C4CC(N2Cc2ccc([N+](=O)[O-])cc2)C1(CN1CCOCC1)C3(CN1CCOCC1)C4(C)C. The van der Waals surface area contributed by atoms with Gasteiger partial charge in [-0.2, -0.15) is 0 Å². The van der Waals surface area contributed by atoms with Crippen LogP contribution >= 0.6 is 0 Å². The van der Waals surface area contributed by atoms with E-state index >= 15 is 0 Å². The van der Waals surface area contributed by atoms with Crippen molar-refractivity contribution in [3.05, 3.63) is 79.9 Å². The van der Waals surface area contributed by atoms with Crippen LogP contribution in [0.1, 0.15) is 51.7 Å². The highest BCUT2D eigenvalue weighted by molar-refractivity contribution is 5.40. The van der Waals surface area contributed by atoms with Crippen molar-refractivity contribution in [3.8, 4) is 0 Å². The van der Waals surface area contributed by atoms with Gasteiger partial charge in [-0.3, -0.25) is 39.8 Å². The molecule has 0 spiro atoms. The molecule has 8 rings (SSSR count). The Bertz CT molecular complexity index is 1490. The summed E-state index contributed by atoms with van der Waals surface area (Å²) in [5.74, 6) is 0. The molecule has 12 heteroatoms. The van der Waals surface area contributed by atoms with Gasteiger partial charge in [0.1, 0.15) is 0 Å². The first-order valence-electron chi connectivity index (χ1n) is 18.5. The lowest BCUT2D eigenvalue weighted by molar-refractivity contribution is -0.385. The maximum atomic E-state index is 11.5. The topological polar surface area (TPSA) is 118 Å². The third-order valence-corrected chi connectivity index (χ3v) is 14.6. The van der Waals surface area contributed by atoms with Crippen LogP contribution in [0.4, 0.5) is 11.4 Å². The Hall–Kier alpha value is -3.00. The fourth-order valence-electron chi connectivity index (χ4n) is 12.4. The first-order chi connectivity index (χ1) is 23.9. The molecule has 0 radical (unpaired) electrons. The lowest BCUT2D eigenvalue weighted by Crippen LogP contribution is -2.75. The van der Waals surface area contributed by atoms with Crippen molar-refractivity contribution >= 4 is 11.4 Å². The number of benzene rings is 2. The number of likely N-dealkylation sites (tertiary alicyclic amines) is 2. The summed E-state index contributed by atoms with van der Waals surface area (Å²) in [6.07, 6.45) is 2.08. The molecular weight excluding hydrogens is 636 g/mol. The van der Waals surface area contributed by atoms with E-state index in [0.717, 1.165) is 103 Å². The minimum absolute atomic E-state index is 0.0227. The summed E-state index contributed by atoms with van der Waals surface area (Å²) in [5, 5.41) is 23.0. The smallest absolute Gasteiger partial charge is 0.269 e. The van der Waals surface area contributed by atoms with Crippen LogP contribution in [0.2, 0.25) is 0 Å². The molecule has 50 heavy (non-hydrogen) atoms. The fourth-order valence-corrected chi connectivity index (χ4v) is 12.4. The minimum atomic E-state index is -0.316. The molecule has 6 atom stereocenters. The van der Waals surface area contributed by atoms with Gasteiger partial charge < -0.3 is 9.47 Å². The lowest BCUT2D eigenvalue weighted by Gasteiger charge is -2.69. The number of hydrogen-bond acceptors (Lipinski definition) is 10. The van der Waals surface area contributed by atoms with E-state index < -0.39 is 0 Å². The highest BCUT2D eigenvalue weighted by atomic mass is 16.6. The summed E-state index contributed by atoms with van der Waals surface area (Å²) >= 11 is 0. The molecule has 270 valence electrons. The second-order valence-corrected chi connectivity index (χ2v) is 16.9. The summed E-state index contributed by atoms with van der Waals surface area (Å²) < 4.78 is 11.8. The standard InChI is InChI=1S/C38H52N6O6/c1-35(2)31-21-34-38(26-40-15-19-50-20-16-40)36(3,4)32(42(34)24-28-7-11-30(12-8-28)44(47)48)22-33(37(35,38)25-39-13-17-49-18-14-39)41(31)23-27-5-9-29(10-6-27)43(45)46/h5-12,31-34H,13-26H2,1-4H3. The average Bonchev–Trinajstić information content (AvgIpc) is 3.28. The number of nitro benzene ring substituents is 2. The molecule has 12 nitrogen and oxygen atoms in total.